The number of hydrogen-bond acceptors (Lipinski definition) is 3. The molecular weight excluding hydrogens is 240 g/mol. The molecule has 4 nitrogen and oxygen atoms in total. The van der Waals surface area contributed by atoms with E-state index in [1.807, 2.05) is 32.7 Å². The minimum atomic E-state index is -0.397. The van der Waals surface area contributed by atoms with Crippen LogP contribution in [-0.2, 0) is 4.74 Å². The van der Waals surface area contributed by atoms with Crippen molar-refractivity contribution in [3.63, 3.8) is 0 Å². The lowest BCUT2D eigenvalue weighted by Crippen LogP contribution is -2.56. The van der Waals surface area contributed by atoms with Gasteiger partial charge in [0.25, 0.3) is 0 Å². The van der Waals surface area contributed by atoms with Crippen LogP contribution in [-0.4, -0.2) is 43.3 Å². The van der Waals surface area contributed by atoms with Gasteiger partial charge in [-0.05, 0) is 65.0 Å². The normalized spacial score (nSPS) is 26.1. The number of amides is 1. The summed E-state index contributed by atoms with van der Waals surface area (Å²) < 4.78 is 5.51. The smallest absolute Gasteiger partial charge is 0.410 e. The fourth-order valence-electron chi connectivity index (χ4n) is 3.45. The van der Waals surface area contributed by atoms with E-state index in [0.717, 1.165) is 26.1 Å². The molecule has 1 aliphatic heterocycles. The Bertz CT molecular complexity index is 332. The van der Waals surface area contributed by atoms with Gasteiger partial charge in [-0.1, -0.05) is 6.42 Å². The fraction of sp³-hybridized carbons (Fsp3) is 0.933. The number of hydrogen-bond donors (Lipinski definition) is 1. The van der Waals surface area contributed by atoms with Gasteiger partial charge in [0, 0.05) is 13.1 Å². The first-order chi connectivity index (χ1) is 8.86. The van der Waals surface area contributed by atoms with Crippen molar-refractivity contribution in [2.24, 2.45) is 11.3 Å². The van der Waals surface area contributed by atoms with Crippen molar-refractivity contribution >= 4 is 6.09 Å². The highest BCUT2D eigenvalue weighted by Gasteiger charge is 2.48. The van der Waals surface area contributed by atoms with E-state index >= 15 is 0 Å². The molecule has 1 saturated heterocycles. The number of piperidine rings is 1. The topological polar surface area (TPSA) is 41.6 Å². The maximum absolute atomic E-state index is 12.2. The van der Waals surface area contributed by atoms with Gasteiger partial charge in [0.1, 0.15) is 5.60 Å². The van der Waals surface area contributed by atoms with Gasteiger partial charge in [0.05, 0.1) is 0 Å². The average molecular weight is 268 g/mol. The molecule has 1 atom stereocenters. The van der Waals surface area contributed by atoms with E-state index < -0.39 is 5.60 Å². The van der Waals surface area contributed by atoms with Crippen molar-refractivity contribution in [2.75, 3.05) is 26.7 Å². The van der Waals surface area contributed by atoms with E-state index in [1.54, 1.807) is 0 Å². The summed E-state index contributed by atoms with van der Waals surface area (Å²) in [6.45, 7) is 8.58. The first-order valence-corrected chi connectivity index (χ1v) is 7.49. The van der Waals surface area contributed by atoms with Gasteiger partial charge in [-0.25, -0.2) is 4.79 Å². The Kier molecular flexibility index (Phi) is 4.09. The third kappa shape index (κ3) is 3.22. The lowest BCUT2D eigenvalue weighted by Gasteiger charge is -2.53. The fourth-order valence-corrected chi connectivity index (χ4v) is 3.45. The van der Waals surface area contributed by atoms with Crippen LogP contribution < -0.4 is 5.32 Å². The van der Waals surface area contributed by atoms with Gasteiger partial charge < -0.3 is 15.0 Å². The summed E-state index contributed by atoms with van der Waals surface area (Å²) in [5.74, 6) is 0.713. The predicted octanol–water partition coefficient (Wildman–Crippen LogP) is 2.63. The predicted molar refractivity (Wildman–Crippen MR) is 76.1 cm³/mol. The van der Waals surface area contributed by atoms with Gasteiger partial charge in [-0.3, -0.25) is 0 Å². The second-order valence-electron chi connectivity index (χ2n) is 7.16. The number of carbonyl (C=O) groups is 1. The number of likely N-dealkylation sites (tertiary alicyclic amines) is 1. The molecule has 2 fully saturated rings. The van der Waals surface area contributed by atoms with Crippen molar-refractivity contribution in [3.05, 3.63) is 0 Å². The van der Waals surface area contributed by atoms with Crippen molar-refractivity contribution in [3.8, 4) is 0 Å². The van der Waals surface area contributed by atoms with Crippen molar-refractivity contribution < 1.29 is 9.53 Å². The molecule has 0 radical (unpaired) electrons. The Morgan fingerprint density at radius 2 is 2.11 bits per heavy atom. The molecule has 0 aromatic carbocycles. The van der Waals surface area contributed by atoms with Crippen molar-refractivity contribution in [1.82, 2.24) is 10.2 Å². The molecular formula is C15H28N2O2. The van der Waals surface area contributed by atoms with Gasteiger partial charge in [-0.2, -0.15) is 0 Å². The molecule has 1 heterocycles. The summed E-state index contributed by atoms with van der Waals surface area (Å²) >= 11 is 0. The van der Waals surface area contributed by atoms with Gasteiger partial charge in [0.2, 0.25) is 0 Å². The monoisotopic (exact) mass is 268 g/mol. The summed E-state index contributed by atoms with van der Waals surface area (Å²) in [6.07, 6.45) is 4.79. The molecule has 1 saturated carbocycles. The van der Waals surface area contributed by atoms with E-state index in [-0.39, 0.29) is 6.09 Å². The lowest BCUT2D eigenvalue weighted by molar-refractivity contribution is -0.0467. The second kappa shape index (κ2) is 5.31. The second-order valence-corrected chi connectivity index (χ2v) is 7.16. The van der Waals surface area contributed by atoms with Crippen LogP contribution in [0.1, 0.15) is 46.5 Å². The van der Waals surface area contributed by atoms with E-state index in [4.69, 9.17) is 4.74 Å². The van der Waals surface area contributed by atoms with Crippen LogP contribution in [0.5, 0.6) is 0 Å². The van der Waals surface area contributed by atoms with E-state index in [9.17, 15) is 4.79 Å². The number of nitrogens with one attached hydrogen (secondary N) is 1. The van der Waals surface area contributed by atoms with Crippen LogP contribution in [0.15, 0.2) is 0 Å². The molecule has 0 bridgehead atoms. The summed E-state index contributed by atoms with van der Waals surface area (Å²) in [4.78, 5) is 14.1. The van der Waals surface area contributed by atoms with Gasteiger partial charge >= 0.3 is 6.09 Å². The Balaban J connectivity index is 1.98. The molecule has 1 aliphatic carbocycles. The molecule has 1 unspecified atom stereocenters. The average Bonchev–Trinajstić information content (AvgIpc) is 2.25. The summed E-state index contributed by atoms with van der Waals surface area (Å²) in [5, 5.41) is 3.31. The molecule has 1 N–H and O–H groups in total. The van der Waals surface area contributed by atoms with Gasteiger partial charge in [-0.15, -0.1) is 0 Å². The largest absolute Gasteiger partial charge is 0.444 e. The zero-order chi connectivity index (χ0) is 14.1. The first kappa shape index (κ1) is 14.6. The third-order valence-electron chi connectivity index (χ3n) is 4.57. The highest BCUT2D eigenvalue weighted by molar-refractivity contribution is 5.68. The van der Waals surface area contributed by atoms with Crippen molar-refractivity contribution in [1.29, 1.82) is 0 Å². The maximum Gasteiger partial charge on any atom is 0.410 e. The quantitative estimate of drug-likeness (QED) is 0.837. The van der Waals surface area contributed by atoms with Crippen LogP contribution in [0.25, 0.3) is 0 Å². The lowest BCUT2D eigenvalue weighted by atomic mass is 9.58. The summed E-state index contributed by atoms with van der Waals surface area (Å²) in [6, 6.07) is 0. The van der Waals surface area contributed by atoms with E-state index in [2.05, 4.69) is 5.32 Å². The molecule has 0 aromatic rings. The Morgan fingerprint density at radius 3 is 2.58 bits per heavy atom. The minimum absolute atomic E-state index is 0.137. The van der Waals surface area contributed by atoms with Gasteiger partial charge in [0.15, 0.2) is 0 Å². The Morgan fingerprint density at radius 1 is 1.42 bits per heavy atom. The molecule has 2 rings (SSSR count). The minimum Gasteiger partial charge on any atom is -0.444 e. The highest BCUT2D eigenvalue weighted by Crippen LogP contribution is 2.51. The van der Waals surface area contributed by atoms with Crippen LogP contribution >= 0.6 is 0 Å². The molecule has 4 heteroatoms. The summed E-state index contributed by atoms with van der Waals surface area (Å²) in [5.41, 5.74) is -0.0379. The van der Waals surface area contributed by atoms with Crippen LogP contribution in [0.3, 0.4) is 0 Å². The molecule has 19 heavy (non-hydrogen) atoms. The number of carbonyl (C=O) groups excluding carboxylic acids is 1. The molecule has 110 valence electrons. The molecule has 1 amide bonds. The Labute approximate surface area is 116 Å². The zero-order valence-electron chi connectivity index (χ0n) is 12.8. The van der Waals surface area contributed by atoms with E-state index in [0.29, 0.717) is 11.3 Å². The van der Waals surface area contributed by atoms with E-state index in [1.165, 1.54) is 19.3 Å². The number of nitrogens with zero attached hydrogens (tertiary/aromatic N) is 1. The highest BCUT2D eigenvalue weighted by atomic mass is 16.6. The number of rotatable bonds is 2. The maximum atomic E-state index is 12.2. The van der Waals surface area contributed by atoms with Crippen LogP contribution in [0, 0.1) is 11.3 Å². The van der Waals surface area contributed by atoms with Crippen LogP contribution in [0.4, 0.5) is 4.79 Å². The first-order valence-electron chi connectivity index (χ1n) is 7.49. The number of ether oxygens (including phenoxy) is 1. The SMILES string of the molecule is CNCC1CCN(C(=O)OC(C)(C)C)CC12CCC2. The molecule has 2 aliphatic rings. The molecule has 0 aromatic heterocycles. The van der Waals surface area contributed by atoms with Crippen molar-refractivity contribution in [2.45, 2.75) is 52.1 Å². The standard InChI is InChI=1S/C15H28N2O2/c1-14(2,3)19-13(18)17-9-6-12(10-16-4)15(11-17)7-5-8-15/h12,16H,5-11H2,1-4H3. The third-order valence-corrected chi connectivity index (χ3v) is 4.57. The van der Waals surface area contributed by atoms with Crippen LogP contribution in [0.2, 0.25) is 0 Å². The summed E-state index contributed by atoms with van der Waals surface area (Å²) in [7, 11) is 2.02. The molecule has 1 spiro atoms. The zero-order valence-corrected chi connectivity index (χ0v) is 12.8. The Hall–Kier alpha value is -0.770.